The molecule has 2 heterocycles. The Morgan fingerprint density at radius 2 is 1.95 bits per heavy atom. The zero-order valence-electron chi connectivity index (χ0n) is 11.6. The van der Waals surface area contributed by atoms with Crippen molar-refractivity contribution in [1.82, 2.24) is 0 Å². The van der Waals surface area contributed by atoms with Crippen LogP contribution in [0.5, 0.6) is 5.75 Å². The molecule has 0 radical (unpaired) electrons. The summed E-state index contributed by atoms with van der Waals surface area (Å²) >= 11 is 0. The molecule has 0 atom stereocenters. The number of rotatable bonds is 3. The Hall–Kier alpha value is -2.53. The van der Waals surface area contributed by atoms with Crippen molar-refractivity contribution in [2.45, 2.75) is 19.4 Å². The molecule has 5 nitrogen and oxygen atoms in total. The van der Waals surface area contributed by atoms with Crippen LogP contribution in [0.3, 0.4) is 0 Å². The standard InChI is InChI=1S/C16H14O5/c1-16(2,18)6-8-20-15-13-11(5-7-19-13)9-10-3-4-12(17)21-14(10)15/h3-9,18H,1-2H3/b8-6+. The molecule has 0 amide bonds. The molecule has 3 rings (SSSR count). The van der Waals surface area contributed by atoms with Gasteiger partial charge in [0.1, 0.15) is 0 Å². The molecule has 0 spiro atoms. The molecule has 0 unspecified atom stereocenters. The fourth-order valence-corrected chi connectivity index (χ4v) is 1.98. The smallest absolute Gasteiger partial charge is 0.336 e. The predicted molar refractivity (Wildman–Crippen MR) is 78.3 cm³/mol. The molecule has 21 heavy (non-hydrogen) atoms. The van der Waals surface area contributed by atoms with E-state index in [0.29, 0.717) is 16.9 Å². The van der Waals surface area contributed by atoms with Crippen LogP contribution in [-0.2, 0) is 0 Å². The first-order chi connectivity index (χ1) is 9.94. The second-order valence-corrected chi connectivity index (χ2v) is 5.29. The molecule has 0 saturated carbocycles. The Kier molecular flexibility index (Phi) is 3.07. The van der Waals surface area contributed by atoms with Crippen LogP contribution in [0.15, 0.2) is 56.5 Å². The van der Waals surface area contributed by atoms with E-state index >= 15 is 0 Å². The Bertz CT molecular complexity index is 877. The van der Waals surface area contributed by atoms with E-state index in [1.165, 1.54) is 24.7 Å². The van der Waals surface area contributed by atoms with Crippen molar-refractivity contribution in [2.75, 3.05) is 0 Å². The van der Waals surface area contributed by atoms with Crippen LogP contribution >= 0.6 is 0 Å². The van der Waals surface area contributed by atoms with Crippen molar-refractivity contribution in [3.05, 3.63) is 53.3 Å². The summed E-state index contributed by atoms with van der Waals surface area (Å²) in [5.74, 6) is 0.311. The minimum Gasteiger partial charge on any atom is -0.460 e. The normalized spacial score (nSPS) is 12.5. The van der Waals surface area contributed by atoms with E-state index in [9.17, 15) is 9.90 Å². The number of fused-ring (bicyclic) bond motifs is 2. The van der Waals surface area contributed by atoms with Crippen molar-refractivity contribution in [1.29, 1.82) is 0 Å². The molecule has 1 N–H and O–H groups in total. The van der Waals surface area contributed by atoms with Gasteiger partial charge in [-0.15, -0.1) is 0 Å². The highest BCUT2D eigenvalue weighted by molar-refractivity contribution is 6.00. The van der Waals surface area contributed by atoms with Gasteiger partial charge in [0.25, 0.3) is 0 Å². The minimum absolute atomic E-state index is 0.311. The van der Waals surface area contributed by atoms with Gasteiger partial charge < -0.3 is 18.7 Å². The molecule has 1 aromatic carbocycles. The van der Waals surface area contributed by atoms with Gasteiger partial charge in [0.2, 0.25) is 5.75 Å². The second-order valence-electron chi connectivity index (χ2n) is 5.29. The van der Waals surface area contributed by atoms with Crippen LogP contribution < -0.4 is 10.4 Å². The molecular weight excluding hydrogens is 272 g/mol. The molecule has 5 heteroatoms. The maximum absolute atomic E-state index is 11.4. The van der Waals surface area contributed by atoms with Crippen molar-refractivity contribution in [3.8, 4) is 5.75 Å². The summed E-state index contributed by atoms with van der Waals surface area (Å²) in [6, 6.07) is 6.67. The van der Waals surface area contributed by atoms with E-state index in [1.807, 2.05) is 6.07 Å². The Balaban J connectivity index is 2.20. The molecule has 0 aliphatic carbocycles. The number of benzene rings is 1. The Morgan fingerprint density at radius 1 is 1.19 bits per heavy atom. The summed E-state index contributed by atoms with van der Waals surface area (Å²) in [5, 5.41) is 11.2. The van der Waals surface area contributed by atoms with Gasteiger partial charge in [0.15, 0.2) is 11.2 Å². The third-order valence-electron chi connectivity index (χ3n) is 2.94. The van der Waals surface area contributed by atoms with E-state index < -0.39 is 11.2 Å². The molecule has 0 saturated heterocycles. The Morgan fingerprint density at radius 3 is 2.71 bits per heavy atom. The molecule has 2 aromatic heterocycles. The molecule has 0 aliphatic rings. The third-order valence-corrected chi connectivity index (χ3v) is 2.94. The highest BCUT2D eigenvalue weighted by atomic mass is 16.5. The lowest BCUT2D eigenvalue weighted by Gasteiger charge is -2.10. The molecule has 3 aromatic rings. The lowest BCUT2D eigenvalue weighted by molar-refractivity contribution is 0.131. The number of hydrogen-bond donors (Lipinski definition) is 1. The topological polar surface area (TPSA) is 72.8 Å². The van der Waals surface area contributed by atoms with Gasteiger partial charge >= 0.3 is 5.63 Å². The van der Waals surface area contributed by atoms with Crippen molar-refractivity contribution >= 4 is 21.9 Å². The molecule has 108 valence electrons. The summed E-state index contributed by atoms with van der Waals surface area (Å²) in [5.41, 5.74) is -0.680. The number of ether oxygens (including phenoxy) is 1. The lowest BCUT2D eigenvalue weighted by atomic mass is 10.1. The largest absolute Gasteiger partial charge is 0.460 e. The zero-order valence-corrected chi connectivity index (χ0v) is 11.6. The summed E-state index contributed by atoms with van der Waals surface area (Å²) in [4.78, 5) is 11.4. The Labute approximate surface area is 120 Å². The van der Waals surface area contributed by atoms with Crippen molar-refractivity contribution < 1.29 is 18.7 Å². The molecule has 0 fully saturated rings. The average Bonchev–Trinajstić information content (AvgIpc) is 2.85. The van der Waals surface area contributed by atoms with E-state index in [2.05, 4.69) is 0 Å². The quantitative estimate of drug-likeness (QED) is 0.591. The van der Waals surface area contributed by atoms with E-state index in [4.69, 9.17) is 13.6 Å². The van der Waals surface area contributed by atoms with Gasteiger partial charge in [-0.2, -0.15) is 0 Å². The van der Waals surface area contributed by atoms with E-state index in [-0.39, 0.29) is 0 Å². The van der Waals surface area contributed by atoms with Crippen LogP contribution in [0, 0.1) is 0 Å². The monoisotopic (exact) mass is 286 g/mol. The predicted octanol–water partition coefficient (Wildman–Crippen LogP) is 3.20. The van der Waals surface area contributed by atoms with Crippen molar-refractivity contribution in [3.63, 3.8) is 0 Å². The van der Waals surface area contributed by atoms with Gasteiger partial charge in [0.05, 0.1) is 18.1 Å². The summed E-state index contributed by atoms with van der Waals surface area (Å²) in [6.45, 7) is 3.25. The van der Waals surface area contributed by atoms with Gasteiger partial charge in [-0.05, 0) is 38.1 Å². The molecular formula is C16H14O5. The fourth-order valence-electron chi connectivity index (χ4n) is 1.98. The number of hydrogen-bond acceptors (Lipinski definition) is 5. The first-order valence-corrected chi connectivity index (χ1v) is 6.45. The maximum atomic E-state index is 11.4. The van der Waals surface area contributed by atoms with E-state index in [0.717, 1.165) is 10.8 Å². The lowest BCUT2D eigenvalue weighted by Crippen LogP contribution is -2.14. The van der Waals surface area contributed by atoms with Crippen molar-refractivity contribution in [2.24, 2.45) is 0 Å². The molecule has 0 aliphatic heterocycles. The summed E-state index contributed by atoms with van der Waals surface area (Å²) in [6.07, 6.45) is 4.37. The van der Waals surface area contributed by atoms with E-state index in [1.54, 1.807) is 26.0 Å². The average molecular weight is 286 g/mol. The fraction of sp³-hybridized carbons (Fsp3) is 0.188. The number of aliphatic hydroxyl groups is 1. The summed E-state index contributed by atoms with van der Waals surface area (Å²) < 4.78 is 16.2. The van der Waals surface area contributed by atoms with Gasteiger partial charge in [0, 0.05) is 16.8 Å². The van der Waals surface area contributed by atoms with Crippen LogP contribution in [0.1, 0.15) is 13.8 Å². The van der Waals surface area contributed by atoms with Gasteiger partial charge in [-0.1, -0.05) is 0 Å². The minimum atomic E-state index is -1.01. The highest BCUT2D eigenvalue weighted by Gasteiger charge is 2.14. The van der Waals surface area contributed by atoms with Crippen LogP contribution in [0.2, 0.25) is 0 Å². The van der Waals surface area contributed by atoms with Crippen LogP contribution in [0.4, 0.5) is 0 Å². The second kappa shape index (κ2) is 4.79. The highest BCUT2D eigenvalue weighted by Crippen LogP contribution is 2.35. The first kappa shape index (κ1) is 13.5. The zero-order chi connectivity index (χ0) is 15.0. The van der Waals surface area contributed by atoms with Crippen LogP contribution in [-0.4, -0.2) is 10.7 Å². The van der Waals surface area contributed by atoms with Gasteiger partial charge in [-0.25, -0.2) is 4.79 Å². The molecule has 0 bridgehead atoms. The van der Waals surface area contributed by atoms with Crippen LogP contribution in [0.25, 0.3) is 21.9 Å². The summed E-state index contributed by atoms with van der Waals surface area (Å²) in [7, 11) is 0. The first-order valence-electron chi connectivity index (χ1n) is 6.45. The SMILES string of the molecule is CC(C)(O)/C=C/Oc1c2occc2cc2ccc(=O)oc12. The third kappa shape index (κ3) is 2.68. The maximum Gasteiger partial charge on any atom is 0.336 e. The number of furan rings is 1. The van der Waals surface area contributed by atoms with Gasteiger partial charge in [-0.3, -0.25) is 0 Å².